The van der Waals surface area contributed by atoms with Crippen LogP contribution in [-0.4, -0.2) is 0 Å². The summed E-state index contributed by atoms with van der Waals surface area (Å²) >= 11 is 0. The predicted molar refractivity (Wildman–Crippen MR) is 115 cm³/mol. The van der Waals surface area contributed by atoms with Crippen molar-refractivity contribution in [3.63, 3.8) is 0 Å². The summed E-state index contributed by atoms with van der Waals surface area (Å²) in [6.07, 6.45) is 28.7. The summed E-state index contributed by atoms with van der Waals surface area (Å²) in [5, 5.41) is 0. The third kappa shape index (κ3) is 12.0. The van der Waals surface area contributed by atoms with Gasteiger partial charge in [-0.05, 0) is 61.2 Å². The van der Waals surface area contributed by atoms with Crippen LogP contribution in [0.25, 0.3) is 0 Å². The third-order valence-electron chi connectivity index (χ3n) is 8.42. The van der Waals surface area contributed by atoms with Gasteiger partial charge in [-0.2, -0.15) is 25.7 Å². The summed E-state index contributed by atoms with van der Waals surface area (Å²) in [6, 6.07) is 0. The van der Waals surface area contributed by atoms with E-state index in [9.17, 15) is 0 Å². The van der Waals surface area contributed by atoms with Crippen LogP contribution >= 0.6 is 0 Å². The van der Waals surface area contributed by atoms with Gasteiger partial charge in [0.15, 0.2) is 0 Å². The van der Waals surface area contributed by atoms with Crippen molar-refractivity contribution in [2.45, 2.75) is 117 Å². The van der Waals surface area contributed by atoms with Crippen LogP contribution in [0.15, 0.2) is 0 Å². The van der Waals surface area contributed by atoms with Gasteiger partial charge < -0.3 is 12.8 Å². The topological polar surface area (TPSA) is 0 Å². The molecule has 0 heterocycles. The van der Waals surface area contributed by atoms with Gasteiger partial charge in [0, 0.05) is 98.1 Å². The van der Waals surface area contributed by atoms with Crippen LogP contribution in [0.5, 0.6) is 0 Å². The van der Waals surface area contributed by atoms with Crippen LogP contribution in [0.1, 0.15) is 117 Å². The molecule has 3 heteroatoms. The Kier molecular flexibility index (Phi) is 20.7. The molecule has 0 spiro atoms. The Hall–Kier alpha value is 3.31. The zero-order valence-electron chi connectivity index (χ0n) is 19.7. The molecule has 0 aliphatic heterocycles. The minimum atomic E-state index is 0. The molecular weight excluding hydrogens is 579 g/mol. The third-order valence-corrected chi connectivity index (χ3v) is 8.42. The maximum atomic E-state index is 2.49. The summed E-state index contributed by atoms with van der Waals surface area (Å²) in [7, 11) is 0. The minimum Gasteiger partial charge on any atom is -0.328 e. The first-order valence-electron chi connectivity index (χ1n) is 12.4. The second-order valence-electron chi connectivity index (χ2n) is 10.4. The van der Waals surface area contributed by atoms with Gasteiger partial charge in [-0.15, -0.1) is 0 Å². The molecular formula is C26H46Y3-2. The molecule has 0 aromatic carbocycles. The van der Waals surface area contributed by atoms with Gasteiger partial charge >= 0.3 is 0 Å². The fraction of sp³-hybridized carbons (Fsp3) is 0.923. The average Bonchev–Trinajstić information content (AvgIpc) is 2.71. The molecule has 3 radical (unpaired) electrons. The van der Waals surface area contributed by atoms with Gasteiger partial charge in [0.2, 0.25) is 0 Å². The number of hydrogen-bond acceptors (Lipinski definition) is 0. The van der Waals surface area contributed by atoms with E-state index in [1.54, 1.807) is 0 Å². The predicted octanol–water partition coefficient (Wildman–Crippen LogP) is 8.41. The van der Waals surface area contributed by atoms with Gasteiger partial charge in [-0.3, -0.25) is 0 Å². The molecule has 0 aromatic heterocycles. The van der Waals surface area contributed by atoms with E-state index in [4.69, 9.17) is 0 Å². The first-order valence-corrected chi connectivity index (χ1v) is 12.4. The molecule has 0 amide bonds. The Morgan fingerprint density at radius 2 is 0.621 bits per heavy atom. The van der Waals surface area contributed by atoms with Crippen molar-refractivity contribution in [2.24, 2.45) is 35.5 Å². The summed E-state index contributed by atoms with van der Waals surface area (Å²) in [6.45, 7) is 4.84. The van der Waals surface area contributed by atoms with Gasteiger partial charge in [0.25, 0.3) is 0 Å². The Morgan fingerprint density at radius 1 is 0.379 bits per heavy atom. The van der Waals surface area contributed by atoms with Crippen LogP contribution in [0, 0.1) is 48.3 Å². The van der Waals surface area contributed by atoms with E-state index in [-0.39, 0.29) is 98.1 Å². The summed E-state index contributed by atoms with van der Waals surface area (Å²) in [5.74, 6) is 6.43. The maximum Gasteiger partial charge on any atom is 0 e. The fourth-order valence-corrected chi connectivity index (χ4v) is 6.36. The standard InChI is InChI=1S/2C13H23.3Y/c2*1-11-7-9-13(10-8-11)12-5-3-2-4-6-12;;;/h2*2,11-13H,3-10H2,1H3;;;/q2*-1;;;. The molecule has 0 aromatic rings. The summed E-state index contributed by atoms with van der Waals surface area (Å²) < 4.78 is 0. The first kappa shape index (κ1) is 32.3. The van der Waals surface area contributed by atoms with Crippen molar-refractivity contribution in [2.75, 3.05) is 0 Å². The average molecular weight is 625 g/mol. The van der Waals surface area contributed by atoms with Gasteiger partial charge in [0.05, 0.1) is 0 Å². The monoisotopic (exact) mass is 625 g/mol. The molecule has 0 saturated heterocycles. The summed E-state index contributed by atoms with van der Waals surface area (Å²) in [5.41, 5.74) is 0. The first-order chi connectivity index (χ1) is 12.7. The Labute approximate surface area is 259 Å². The van der Waals surface area contributed by atoms with E-state index in [2.05, 4.69) is 26.7 Å². The largest absolute Gasteiger partial charge is 0.328 e. The molecule has 0 atom stereocenters. The second-order valence-corrected chi connectivity index (χ2v) is 10.4. The van der Waals surface area contributed by atoms with E-state index in [1.807, 2.05) is 0 Å². The van der Waals surface area contributed by atoms with E-state index in [0.717, 1.165) is 35.5 Å². The summed E-state index contributed by atoms with van der Waals surface area (Å²) in [4.78, 5) is 0. The van der Waals surface area contributed by atoms with Crippen LogP contribution < -0.4 is 0 Å². The van der Waals surface area contributed by atoms with Crippen LogP contribution in [0.3, 0.4) is 0 Å². The second kappa shape index (κ2) is 18.6. The molecule has 0 bridgehead atoms. The Bertz CT molecular complexity index is 322. The molecule has 4 aliphatic carbocycles. The number of hydrogen-bond donors (Lipinski definition) is 0. The van der Waals surface area contributed by atoms with Crippen LogP contribution in [0.4, 0.5) is 0 Å². The van der Waals surface area contributed by atoms with Crippen molar-refractivity contribution < 1.29 is 98.1 Å². The van der Waals surface area contributed by atoms with E-state index < -0.39 is 0 Å². The fourth-order valence-electron chi connectivity index (χ4n) is 6.36. The zero-order valence-corrected chi connectivity index (χ0v) is 28.2. The molecule has 0 unspecified atom stereocenters. The molecule has 4 saturated carbocycles. The van der Waals surface area contributed by atoms with E-state index in [0.29, 0.717) is 0 Å². The van der Waals surface area contributed by atoms with Crippen LogP contribution in [0.2, 0.25) is 0 Å². The zero-order chi connectivity index (χ0) is 18.2. The molecule has 4 fully saturated rings. The SMILES string of the molecule is CC1CCC(C2CC[CH-]CC2)CC1.CC1CCC(C2CC[CH-]CC2)CC1.[Y].[Y].[Y]. The molecule has 4 rings (SSSR count). The Morgan fingerprint density at radius 3 is 0.897 bits per heavy atom. The molecule has 0 N–H and O–H groups in total. The van der Waals surface area contributed by atoms with E-state index >= 15 is 0 Å². The van der Waals surface area contributed by atoms with Gasteiger partial charge in [-0.25, -0.2) is 0 Å². The van der Waals surface area contributed by atoms with Crippen molar-refractivity contribution >= 4 is 0 Å². The van der Waals surface area contributed by atoms with Crippen molar-refractivity contribution in [3.8, 4) is 0 Å². The molecule has 161 valence electrons. The van der Waals surface area contributed by atoms with Crippen molar-refractivity contribution in [3.05, 3.63) is 12.8 Å². The maximum absolute atomic E-state index is 2.49. The van der Waals surface area contributed by atoms with Gasteiger partial charge in [0.1, 0.15) is 0 Å². The molecule has 29 heavy (non-hydrogen) atoms. The van der Waals surface area contributed by atoms with Gasteiger partial charge in [-0.1, -0.05) is 65.2 Å². The normalized spacial score (nSPS) is 33.7. The van der Waals surface area contributed by atoms with Crippen molar-refractivity contribution in [1.29, 1.82) is 0 Å². The Balaban J connectivity index is 0.000000490. The molecule has 0 nitrogen and oxygen atoms in total. The minimum absolute atomic E-state index is 0. The number of rotatable bonds is 2. The molecule has 4 aliphatic rings. The van der Waals surface area contributed by atoms with Crippen molar-refractivity contribution in [1.82, 2.24) is 0 Å². The smallest absolute Gasteiger partial charge is 0 e. The quantitative estimate of drug-likeness (QED) is 0.271. The van der Waals surface area contributed by atoms with E-state index in [1.165, 1.54) is 103 Å². The van der Waals surface area contributed by atoms with Crippen LogP contribution in [-0.2, 0) is 98.1 Å².